The molecule has 0 amide bonds. The fourth-order valence-corrected chi connectivity index (χ4v) is 4.96. The first-order chi connectivity index (χ1) is 20.4. The predicted octanol–water partition coefficient (Wildman–Crippen LogP) is -2.38. The highest BCUT2D eigenvalue weighted by atomic mass is 16.7. The van der Waals surface area contributed by atoms with Crippen LogP contribution in [-0.2, 0) is 18.9 Å². The molecule has 3 heterocycles. The third-order valence-electron chi connectivity index (χ3n) is 7.39. The Morgan fingerprint density at radius 3 is 2.00 bits per heavy atom. The van der Waals surface area contributed by atoms with Gasteiger partial charge in [0.05, 0.1) is 18.8 Å². The number of aliphatic hydroxyl groups excluding tert-OH is 7. The second-order valence-electron chi connectivity index (χ2n) is 10.3. The number of fused-ring (bicyclic) bond motifs is 1. The Labute approximate surface area is 243 Å². The molecule has 11 N–H and O–H groups in total. The summed E-state index contributed by atoms with van der Waals surface area (Å²) in [7, 11) is 0. The summed E-state index contributed by atoms with van der Waals surface area (Å²) in [5.41, 5.74) is 0.295. The summed E-state index contributed by atoms with van der Waals surface area (Å²) >= 11 is 0. The average Bonchev–Trinajstić information content (AvgIpc) is 2.97. The second-order valence-corrected chi connectivity index (χ2v) is 10.3. The SMILES string of the molecule is OCC1OC(OCC2OC(OC3=Cc4c(O)cc(O)cc4OC3c3ccc(O)c(O)c3)C(O)C(O)C2O)C(O)C(O)C1O. The van der Waals surface area contributed by atoms with Crippen LogP contribution >= 0.6 is 0 Å². The van der Waals surface area contributed by atoms with Gasteiger partial charge in [0.2, 0.25) is 6.29 Å². The molecular weight excluding hydrogens is 580 g/mol. The Bertz CT molecular complexity index is 1330. The van der Waals surface area contributed by atoms with E-state index < -0.39 is 98.0 Å². The lowest BCUT2D eigenvalue weighted by Gasteiger charge is -2.43. The van der Waals surface area contributed by atoms with Crippen LogP contribution in [0, 0.1) is 0 Å². The van der Waals surface area contributed by atoms with Crippen LogP contribution < -0.4 is 4.74 Å². The molecule has 0 saturated carbocycles. The molecule has 11 atom stereocenters. The molecule has 2 fully saturated rings. The number of phenolic OH excluding ortho intramolecular Hbond substituents is 4. The van der Waals surface area contributed by atoms with Crippen molar-refractivity contribution in [3.8, 4) is 28.7 Å². The first-order valence-corrected chi connectivity index (χ1v) is 13.1. The van der Waals surface area contributed by atoms with E-state index in [1.165, 1.54) is 30.3 Å². The zero-order valence-electron chi connectivity index (χ0n) is 22.2. The van der Waals surface area contributed by atoms with Gasteiger partial charge in [0.15, 0.2) is 23.9 Å². The van der Waals surface area contributed by atoms with Crippen LogP contribution in [0.2, 0.25) is 0 Å². The third-order valence-corrected chi connectivity index (χ3v) is 7.39. The predicted molar refractivity (Wildman–Crippen MR) is 138 cm³/mol. The fourth-order valence-electron chi connectivity index (χ4n) is 4.96. The van der Waals surface area contributed by atoms with E-state index >= 15 is 0 Å². The number of rotatable bonds is 7. The van der Waals surface area contributed by atoms with E-state index in [0.29, 0.717) is 0 Å². The van der Waals surface area contributed by atoms with Gasteiger partial charge >= 0.3 is 0 Å². The molecule has 16 heteroatoms. The van der Waals surface area contributed by atoms with Crippen molar-refractivity contribution < 1.29 is 79.9 Å². The third kappa shape index (κ3) is 6.02. The summed E-state index contributed by atoms with van der Waals surface area (Å²) < 4.78 is 28.2. The van der Waals surface area contributed by atoms with Gasteiger partial charge in [0.25, 0.3) is 0 Å². The van der Waals surface area contributed by atoms with Crippen molar-refractivity contribution in [3.05, 3.63) is 47.2 Å². The fraction of sp³-hybridized carbons (Fsp3) is 0.481. The molecule has 2 aromatic rings. The minimum Gasteiger partial charge on any atom is -0.508 e. The van der Waals surface area contributed by atoms with Gasteiger partial charge in [-0.05, 0) is 18.2 Å². The molecule has 16 nitrogen and oxygen atoms in total. The van der Waals surface area contributed by atoms with Crippen molar-refractivity contribution in [2.24, 2.45) is 0 Å². The summed E-state index contributed by atoms with van der Waals surface area (Å²) in [6, 6.07) is 5.99. The highest BCUT2D eigenvalue weighted by Crippen LogP contribution is 2.45. The van der Waals surface area contributed by atoms with E-state index in [-0.39, 0.29) is 28.4 Å². The minimum absolute atomic E-state index is 0.0220. The molecule has 2 saturated heterocycles. The molecule has 236 valence electrons. The summed E-state index contributed by atoms with van der Waals surface area (Å²) in [4.78, 5) is 0. The molecule has 0 radical (unpaired) electrons. The van der Waals surface area contributed by atoms with Gasteiger partial charge in [-0.2, -0.15) is 0 Å². The Kier molecular flexibility index (Phi) is 8.87. The van der Waals surface area contributed by atoms with Crippen LogP contribution in [0.15, 0.2) is 36.1 Å². The Hall–Kier alpha value is -3.42. The summed E-state index contributed by atoms with van der Waals surface area (Å²) in [6.07, 6.45) is -16.4. The molecule has 2 aromatic carbocycles. The van der Waals surface area contributed by atoms with Gasteiger partial charge in [-0.1, -0.05) is 6.07 Å². The van der Waals surface area contributed by atoms with E-state index in [4.69, 9.17) is 23.7 Å². The van der Waals surface area contributed by atoms with Crippen LogP contribution in [0.4, 0.5) is 0 Å². The smallest absolute Gasteiger partial charge is 0.228 e. The number of hydrogen-bond acceptors (Lipinski definition) is 16. The summed E-state index contributed by atoms with van der Waals surface area (Å²) in [5, 5.41) is 111. The molecule has 11 unspecified atom stereocenters. The highest BCUT2D eigenvalue weighted by molar-refractivity contribution is 5.69. The van der Waals surface area contributed by atoms with Crippen molar-refractivity contribution in [1.82, 2.24) is 0 Å². The maximum absolute atomic E-state index is 10.7. The van der Waals surface area contributed by atoms with Crippen LogP contribution in [0.5, 0.6) is 28.7 Å². The van der Waals surface area contributed by atoms with Gasteiger partial charge in [-0.25, -0.2) is 0 Å². The second kappa shape index (κ2) is 12.3. The van der Waals surface area contributed by atoms with Crippen molar-refractivity contribution in [3.63, 3.8) is 0 Å². The van der Waals surface area contributed by atoms with Crippen molar-refractivity contribution in [2.75, 3.05) is 13.2 Å². The topological polar surface area (TPSA) is 269 Å². The van der Waals surface area contributed by atoms with Crippen LogP contribution in [-0.4, -0.2) is 131 Å². The van der Waals surface area contributed by atoms with Crippen molar-refractivity contribution in [1.29, 1.82) is 0 Å². The van der Waals surface area contributed by atoms with Crippen LogP contribution in [0.25, 0.3) is 6.08 Å². The van der Waals surface area contributed by atoms with Crippen LogP contribution in [0.3, 0.4) is 0 Å². The first-order valence-electron chi connectivity index (χ1n) is 13.1. The first kappa shape index (κ1) is 31.0. The molecule has 43 heavy (non-hydrogen) atoms. The molecule has 0 spiro atoms. The van der Waals surface area contributed by atoms with E-state index in [0.717, 1.165) is 6.07 Å². The van der Waals surface area contributed by atoms with Crippen LogP contribution in [0.1, 0.15) is 17.2 Å². The molecule has 5 rings (SSSR count). The van der Waals surface area contributed by atoms with E-state index in [1.807, 2.05) is 0 Å². The molecule has 3 aliphatic heterocycles. The van der Waals surface area contributed by atoms with Gasteiger partial charge in [-0.15, -0.1) is 0 Å². The van der Waals surface area contributed by atoms with Gasteiger partial charge in [0, 0.05) is 17.7 Å². The lowest BCUT2D eigenvalue weighted by Crippen LogP contribution is -2.61. The Balaban J connectivity index is 1.39. The molecule has 0 bridgehead atoms. The number of aliphatic hydroxyl groups is 7. The van der Waals surface area contributed by atoms with Crippen molar-refractivity contribution >= 4 is 6.08 Å². The summed E-state index contributed by atoms with van der Waals surface area (Å²) in [5.74, 6) is -1.73. The van der Waals surface area contributed by atoms with Gasteiger partial charge < -0.3 is 79.9 Å². The highest BCUT2D eigenvalue weighted by Gasteiger charge is 2.48. The Morgan fingerprint density at radius 1 is 0.674 bits per heavy atom. The zero-order chi connectivity index (χ0) is 31.2. The number of aromatic hydroxyl groups is 4. The average molecular weight is 613 g/mol. The maximum atomic E-state index is 10.7. The normalized spacial score (nSPS) is 35.9. The number of phenols is 4. The number of benzene rings is 2. The molecular formula is C27H32O16. The van der Waals surface area contributed by atoms with E-state index in [9.17, 15) is 56.2 Å². The maximum Gasteiger partial charge on any atom is 0.228 e. The monoisotopic (exact) mass is 612 g/mol. The quantitative estimate of drug-likeness (QED) is 0.146. The molecule has 3 aliphatic rings. The summed E-state index contributed by atoms with van der Waals surface area (Å²) in [6.45, 7) is -1.30. The minimum atomic E-state index is -1.85. The lowest BCUT2D eigenvalue weighted by molar-refractivity contribution is -0.328. The lowest BCUT2D eigenvalue weighted by atomic mass is 9.98. The largest absolute Gasteiger partial charge is 0.508 e. The molecule has 0 aliphatic carbocycles. The number of ether oxygens (including phenoxy) is 5. The van der Waals surface area contributed by atoms with Crippen molar-refractivity contribution in [2.45, 2.75) is 67.5 Å². The zero-order valence-corrected chi connectivity index (χ0v) is 22.2. The van der Waals surface area contributed by atoms with Gasteiger partial charge in [0.1, 0.15) is 71.8 Å². The Morgan fingerprint density at radius 2 is 1.33 bits per heavy atom. The number of hydrogen-bond donors (Lipinski definition) is 11. The van der Waals surface area contributed by atoms with E-state index in [2.05, 4.69) is 0 Å². The standard InChI is InChI=1S/C27H32O16/c28-7-17-19(33)21(35)23(37)26(42-17)39-8-18-20(34)22(36)24(38)27(43-18)41-16-6-11-13(31)4-10(29)5-15(11)40-25(16)9-1-2-12(30)14(32)3-9/h1-6,17-38H,7-8H2. The molecule has 0 aromatic heterocycles. The van der Waals surface area contributed by atoms with E-state index in [1.54, 1.807) is 0 Å². The van der Waals surface area contributed by atoms with Gasteiger partial charge in [-0.3, -0.25) is 0 Å².